The van der Waals surface area contributed by atoms with Crippen LogP contribution in [-0.2, 0) is 14.3 Å². The summed E-state index contributed by atoms with van der Waals surface area (Å²) in [5, 5.41) is 0. The van der Waals surface area contributed by atoms with Gasteiger partial charge in [0.15, 0.2) is 11.7 Å². The first-order chi connectivity index (χ1) is 7.06. The highest BCUT2D eigenvalue weighted by molar-refractivity contribution is 6.02. The maximum absolute atomic E-state index is 11.5. The highest BCUT2D eigenvalue weighted by Gasteiger charge is 2.29. The fourth-order valence-electron chi connectivity index (χ4n) is 1.32. The van der Waals surface area contributed by atoms with E-state index in [0.29, 0.717) is 11.5 Å². The number of carbonyl (C=O) groups is 2. The summed E-state index contributed by atoms with van der Waals surface area (Å²) in [4.78, 5) is 22.8. The Kier molecular flexibility index (Phi) is 3.66. The van der Waals surface area contributed by atoms with Gasteiger partial charge in [-0.2, -0.15) is 0 Å². The Morgan fingerprint density at radius 1 is 1.47 bits per heavy atom. The van der Waals surface area contributed by atoms with E-state index < -0.39 is 11.9 Å². The summed E-state index contributed by atoms with van der Waals surface area (Å²) in [5.74, 6) is -0.750. The number of esters is 1. The number of Topliss-reactive ketones (excluding diaryl/α,β-unsaturated/α-hetero) is 1. The molecule has 82 valence electrons. The zero-order valence-electron chi connectivity index (χ0n) is 9.07. The Morgan fingerprint density at radius 2 is 2.13 bits per heavy atom. The van der Waals surface area contributed by atoms with E-state index in [1.54, 1.807) is 26.0 Å². The average molecular weight is 210 g/mol. The lowest BCUT2D eigenvalue weighted by Crippen LogP contribution is -2.21. The van der Waals surface area contributed by atoms with Crippen LogP contribution in [0.5, 0.6) is 0 Å². The first-order valence-electron chi connectivity index (χ1n) is 4.79. The van der Waals surface area contributed by atoms with Gasteiger partial charge in [0.1, 0.15) is 11.5 Å². The van der Waals surface area contributed by atoms with Crippen molar-refractivity contribution in [3.63, 3.8) is 0 Å². The van der Waals surface area contributed by atoms with E-state index in [2.05, 4.69) is 0 Å². The second-order valence-electron chi connectivity index (χ2n) is 3.24. The maximum atomic E-state index is 11.5. The molecule has 4 heteroatoms. The third-order valence-electron chi connectivity index (χ3n) is 1.97. The third-order valence-corrected chi connectivity index (χ3v) is 1.97. The Labute approximate surface area is 88.2 Å². The average Bonchev–Trinajstić information content (AvgIpc) is 2.51. The summed E-state index contributed by atoms with van der Waals surface area (Å²) in [5.41, 5.74) is 0. The number of hydrogen-bond donors (Lipinski definition) is 0. The molecule has 0 saturated heterocycles. The van der Waals surface area contributed by atoms with E-state index in [4.69, 9.17) is 9.15 Å². The van der Waals surface area contributed by atoms with Gasteiger partial charge in [0.05, 0.1) is 6.61 Å². The molecule has 15 heavy (non-hydrogen) atoms. The first kappa shape index (κ1) is 11.5. The molecule has 0 aliphatic rings. The van der Waals surface area contributed by atoms with E-state index in [9.17, 15) is 9.59 Å². The molecule has 1 aromatic heterocycles. The zero-order valence-corrected chi connectivity index (χ0v) is 9.07. The largest absolute Gasteiger partial charge is 0.465 e. The molecule has 1 heterocycles. The molecule has 0 N–H and O–H groups in total. The van der Waals surface area contributed by atoms with E-state index >= 15 is 0 Å². The maximum Gasteiger partial charge on any atom is 0.324 e. The molecule has 0 fully saturated rings. The third kappa shape index (κ3) is 2.68. The zero-order chi connectivity index (χ0) is 11.4. The molecule has 0 spiro atoms. The highest BCUT2D eigenvalue weighted by Crippen LogP contribution is 2.21. The predicted molar refractivity (Wildman–Crippen MR) is 53.5 cm³/mol. The number of aryl methyl sites for hydroxylation is 1. The van der Waals surface area contributed by atoms with Crippen molar-refractivity contribution in [2.45, 2.75) is 26.7 Å². The van der Waals surface area contributed by atoms with Gasteiger partial charge in [0.25, 0.3) is 0 Å². The normalized spacial score (nSPS) is 12.2. The van der Waals surface area contributed by atoms with E-state index in [1.165, 1.54) is 6.92 Å². The Hall–Kier alpha value is -1.58. The van der Waals surface area contributed by atoms with Gasteiger partial charge < -0.3 is 9.15 Å². The van der Waals surface area contributed by atoms with Crippen LogP contribution in [-0.4, -0.2) is 18.4 Å². The SMILES string of the molecule is CCOC(=O)C(C(C)=O)c1ccc(C)o1. The van der Waals surface area contributed by atoms with Gasteiger partial charge in [0.2, 0.25) is 0 Å². The molecule has 1 aromatic rings. The Bertz CT molecular complexity index is 364. The minimum Gasteiger partial charge on any atom is -0.465 e. The van der Waals surface area contributed by atoms with Crippen LogP contribution in [0.15, 0.2) is 16.5 Å². The fraction of sp³-hybridized carbons (Fsp3) is 0.455. The lowest BCUT2D eigenvalue weighted by molar-refractivity contribution is -0.148. The van der Waals surface area contributed by atoms with E-state index in [1.807, 2.05) is 0 Å². The van der Waals surface area contributed by atoms with Gasteiger partial charge in [-0.25, -0.2) is 0 Å². The van der Waals surface area contributed by atoms with Crippen LogP contribution in [0.1, 0.15) is 31.3 Å². The molecule has 1 atom stereocenters. The van der Waals surface area contributed by atoms with Gasteiger partial charge in [0, 0.05) is 0 Å². The van der Waals surface area contributed by atoms with Crippen molar-refractivity contribution in [3.8, 4) is 0 Å². The van der Waals surface area contributed by atoms with Crippen molar-refractivity contribution < 1.29 is 18.7 Å². The van der Waals surface area contributed by atoms with E-state index in [-0.39, 0.29) is 12.4 Å². The van der Waals surface area contributed by atoms with Crippen molar-refractivity contribution in [3.05, 3.63) is 23.7 Å². The topological polar surface area (TPSA) is 56.5 Å². The lowest BCUT2D eigenvalue weighted by atomic mass is 10.0. The molecule has 0 amide bonds. The highest BCUT2D eigenvalue weighted by atomic mass is 16.5. The summed E-state index contributed by atoms with van der Waals surface area (Å²) in [7, 11) is 0. The molecule has 0 aliphatic heterocycles. The predicted octanol–water partition coefficient (Wildman–Crippen LogP) is 1.82. The summed E-state index contributed by atoms with van der Waals surface area (Å²) in [6.07, 6.45) is 0. The molecule has 0 bridgehead atoms. The number of furan rings is 1. The van der Waals surface area contributed by atoms with Crippen molar-refractivity contribution in [1.29, 1.82) is 0 Å². The molecular formula is C11H14O4. The summed E-state index contributed by atoms with van der Waals surface area (Å²) in [6.45, 7) is 5.05. The molecule has 0 radical (unpaired) electrons. The van der Waals surface area contributed by atoms with Crippen LogP contribution >= 0.6 is 0 Å². The fourth-order valence-corrected chi connectivity index (χ4v) is 1.32. The second kappa shape index (κ2) is 4.77. The lowest BCUT2D eigenvalue weighted by Gasteiger charge is -2.09. The number of ketones is 1. The minimum absolute atomic E-state index is 0.252. The van der Waals surface area contributed by atoms with E-state index in [0.717, 1.165) is 0 Å². The van der Waals surface area contributed by atoms with Crippen LogP contribution in [0, 0.1) is 6.92 Å². The molecule has 0 aliphatic carbocycles. The van der Waals surface area contributed by atoms with Crippen LogP contribution in [0.25, 0.3) is 0 Å². The molecule has 0 saturated carbocycles. The molecule has 1 rings (SSSR count). The van der Waals surface area contributed by atoms with Gasteiger partial charge >= 0.3 is 5.97 Å². The minimum atomic E-state index is -0.932. The summed E-state index contributed by atoms with van der Waals surface area (Å²) >= 11 is 0. The standard InChI is InChI=1S/C11H14O4/c1-4-14-11(13)10(8(3)12)9-6-5-7(2)15-9/h5-6,10H,4H2,1-3H3. The quantitative estimate of drug-likeness (QED) is 0.562. The number of carbonyl (C=O) groups excluding carboxylic acids is 2. The first-order valence-corrected chi connectivity index (χ1v) is 4.79. The van der Waals surface area contributed by atoms with Crippen molar-refractivity contribution in [2.75, 3.05) is 6.61 Å². The van der Waals surface area contributed by atoms with Crippen molar-refractivity contribution in [1.82, 2.24) is 0 Å². The summed E-state index contributed by atoms with van der Waals surface area (Å²) in [6, 6.07) is 3.34. The molecular weight excluding hydrogens is 196 g/mol. The number of ether oxygens (including phenoxy) is 1. The number of hydrogen-bond acceptors (Lipinski definition) is 4. The van der Waals surface area contributed by atoms with Gasteiger partial charge in [-0.1, -0.05) is 0 Å². The van der Waals surface area contributed by atoms with Crippen LogP contribution in [0.4, 0.5) is 0 Å². The van der Waals surface area contributed by atoms with Crippen LogP contribution in [0.2, 0.25) is 0 Å². The molecule has 4 nitrogen and oxygen atoms in total. The van der Waals surface area contributed by atoms with Gasteiger partial charge in [-0.3, -0.25) is 9.59 Å². The monoisotopic (exact) mass is 210 g/mol. The van der Waals surface area contributed by atoms with Gasteiger partial charge in [-0.15, -0.1) is 0 Å². The summed E-state index contributed by atoms with van der Waals surface area (Å²) < 4.78 is 10.1. The smallest absolute Gasteiger partial charge is 0.324 e. The van der Waals surface area contributed by atoms with Crippen molar-refractivity contribution in [2.24, 2.45) is 0 Å². The second-order valence-corrected chi connectivity index (χ2v) is 3.24. The van der Waals surface area contributed by atoms with Crippen molar-refractivity contribution >= 4 is 11.8 Å². The number of rotatable bonds is 4. The Balaban J connectivity index is 2.93. The molecule has 1 unspecified atom stereocenters. The molecule has 0 aromatic carbocycles. The Morgan fingerprint density at radius 3 is 2.53 bits per heavy atom. The van der Waals surface area contributed by atoms with Gasteiger partial charge in [-0.05, 0) is 32.9 Å². The van der Waals surface area contributed by atoms with Crippen LogP contribution < -0.4 is 0 Å². The van der Waals surface area contributed by atoms with Crippen LogP contribution in [0.3, 0.4) is 0 Å².